The van der Waals surface area contributed by atoms with Gasteiger partial charge in [-0.25, -0.2) is 0 Å². The summed E-state index contributed by atoms with van der Waals surface area (Å²) in [6.45, 7) is -2.31. The highest BCUT2D eigenvalue weighted by atomic mass is 35.5. The first kappa shape index (κ1) is 16.0. The third-order valence-corrected chi connectivity index (χ3v) is 4.09. The van der Waals surface area contributed by atoms with Crippen molar-refractivity contribution in [2.45, 2.75) is 37.7 Å². The van der Waals surface area contributed by atoms with E-state index in [2.05, 4.69) is 10.1 Å². The number of ether oxygens (including phenoxy) is 1. The highest BCUT2D eigenvalue weighted by Crippen LogP contribution is 2.27. The average Bonchev–Trinajstić information content (AvgIpc) is 2.46. The molecule has 0 radical (unpaired) electrons. The van der Waals surface area contributed by atoms with E-state index < -0.39 is 6.61 Å². The standard InChI is InChI=1S/C15H18ClF2NO2/c16-12-6-4-10(5-7-12)9-19-14(20)11-2-1-3-13(8-11)21-15(17)18/h1-3,8,10,12,15H,4-7,9H2,(H,19,20). The molecule has 1 aliphatic carbocycles. The molecule has 1 aromatic rings. The lowest BCUT2D eigenvalue weighted by Gasteiger charge is -2.25. The summed E-state index contributed by atoms with van der Waals surface area (Å²) < 4.78 is 28.6. The fourth-order valence-corrected chi connectivity index (χ4v) is 2.73. The summed E-state index contributed by atoms with van der Waals surface area (Å²) in [6.07, 6.45) is 3.95. The van der Waals surface area contributed by atoms with E-state index in [1.165, 1.54) is 18.2 Å². The quantitative estimate of drug-likeness (QED) is 0.839. The highest BCUT2D eigenvalue weighted by Gasteiger charge is 2.20. The van der Waals surface area contributed by atoms with E-state index in [1.807, 2.05) is 0 Å². The molecule has 21 heavy (non-hydrogen) atoms. The minimum absolute atomic E-state index is 0.0136. The number of alkyl halides is 3. The molecule has 2 rings (SSSR count). The molecule has 0 unspecified atom stereocenters. The number of hydrogen-bond donors (Lipinski definition) is 1. The van der Waals surface area contributed by atoms with Crippen LogP contribution < -0.4 is 10.1 Å². The summed E-state index contributed by atoms with van der Waals surface area (Å²) in [5, 5.41) is 3.09. The zero-order valence-corrected chi connectivity index (χ0v) is 12.3. The van der Waals surface area contributed by atoms with Crippen molar-refractivity contribution in [3.8, 4) is 5.75 Å². The van der Waals surface area contributed by atoms with Gasteiger partial charge in [-0.2, -0.15) is 8.78 Å². The van der Waals surface area contributed by atoms with E-state index in [0.717, 1.165) is 25.7 Å². The molecule has 1 fully saturated rings. The summed E-state index contributed by atoms with van der Waals surface area (Å²) >= 11 is 6.04. The van der Waals surface area contributed by atoms with Crippen LogP contribution in [0.15, 0.2) is 24.3 Å². The fraction of sp³-hybridized carbons (Fsp3) is 0.533. The summed E-state index contributed by atoms with van der Waals surface area (Å²) in [6, 6.07) is 5.80. The predicted molar refractivity (Wildman–Crippen MR) is 77.0 cm³/mol. The largest absolute Gasteiger partial charge is 0.435 e. The van der Waals surface area contributed by atoms with E-state index in [0.29, 0.717) is 18.0 Å². The van der Waals surface area contributed by atoms with Gasteiger partial charge in [-0.15, -0.1) is 11.6 Å². The van der Waals surface area contributed by atoms with Crippen molar-refractivity contribution in [3.63, 3.8) is 0 Å². The number of benzene rings is 1. The first-order valence-corrected chi connectivity index (χ1v) is 7.45. The normalized spacial score (nSPS) is 22.1. The zero-order valence-electron chi connectivity index (χ0n) is 11.5. The number of rotatable bonds is 5. The highest BCUT2D eigenvalue weighted by molar-refractivity contribution is 6.20. The third-order valence-electron chi connectivity index (χ3n) is 3.65. The molecule has 116 valence electrons. The molecule has 1 saturated carbocycles. The molecule has 6 heteroatoms. The van der Waals surface area contributed by atoms with E-state index in [4.69, 9.17) is 11.6 Å². The Morgan fingerprint density at radius 1 is 1.33 bits per heavy atom. The molecular weight excluding hydrogens is 300 g/mol. The van der Waals surface area contributed by atoms with E-state index in [1.54, 1.807) is 6.07 Å². The number of halogens is 3. The second-order valence-corrected chi connectivity index (χ2v) is 5.85. The Balaban J connectivity index is 1.85. The molecule has 3 nitrogen and oxygen atoms in total. The minimum Gasteiger partial charge on any atom is -0.435 e. The lowest BCUT2D eigenvalue weighted by Crippen LogP contribution is -2.31. The topological polar surface area (TPSA) is 38.3 Å². The van der Waals surface area contributed by atoms with Crippen molar-refractivity contribution in [2.24, 2.45) is 5.92 Å². The van der Waals surface area contributed by atoms with Gasteiger partial charge in [0.25, 0.3) is 5.91 Å². The number of hydrogen-bond acceptors (Lipinski definition) is 2. The molecule has 0 aliphatic heterocycles. The van der Waals surface area contributed by atoms with E-state index in [-0.39, 0.29) is 17.0 Å². The SMILES string of the molecule is O=C(NCC1CCC(Cl)CC1)c1cccc(OC(F)F)c1. The maximum absolute atomic E-state index is 12.1. The van der Waals surface area contributed by atoms with Crippen LogP contribution in [0.25, 0.3) is 0 Å². The summed E-state index contributed by atoms with van der Waals surface area (Å²) in [5.74, 6) is 0.146. The molecule has 1 aromatic carbocycles. The van der Waals surface area contributed by atoms with Crippen molar-refractivity contribution in [1.82, 2.24) is 5.32 Å². The van der Waals surface area contributed by atoms with Crippen LogP contribution in [0.3, 0.4) is 0 Å². The second-order valence-electron chi connectivity index (χ2n) is 5.23. The van der Waals surface area contributed by atoms with Crippen molar-refractivity contribution in [1.29, 1.82) is 0 Å². The van der Waals surface area contributed by atoms with E-state index >= 15 is 0 Å². The Labute approximate surface area is 127 Å². The van der Waals surface area contributed by atoms with Gasteiger partial charge in [0, 0.05) is 17.5 Å². The molecule has 0 bridgehead atoms. The van der Waals surface area contributed by atoms with Crippen molar-refractivity contribution >= 4 is 17.5 Å². The van der Waals surface area contributed by atoms with Gasteiger partial charge in [0.1, 0.15) is 5.75 Å². The van der Waals surface area contributed by atoms with Gasteiger partial charge in [-0.3, -0.25) is 4.79 Å². The van der Waals surface area contributed by atoms with Gasteiger partial charge in [0.15, 0.2) is 0 Å². The van der Waals surface area contributed by atoms with Crippen molar-refractivity contribution in [3.05, 3.63) is 29.8 Å². The van der Waals surface area contributed by atoms with Gasteiger partial charge in [-0.1, -0.05) is 6.07 Å². The van der Waals surface area contributed by atoms with Gasteiger partial charge in [-0.05, 0) is 49.8 Å². The molecule has 0 saturated heterocycles. The van der Waals surface area contributed by atoms with Crippen LogP contribution in [0.2, 0.25) is 0 Å². The Hall–Kier alpha value is -1.36. The third kappa shape index (κ3) is 5.16. The van der Waals surface area contributed by atoms with Gasteiger partial charge < -0.3 is 10.1 Å². The Kier molecular flexibility index (Phi) is 5.79. The molecule has 0 atom stereocenters. The Morgan fingerprint density at radius 2 is 2.05 bits per heavy atom. The Bertz CT molecular complexity index is 476. The number of amides is 1. The van der Waals surface area contributed by atoms with Gasteiger partial charge in [0.05, 0.1) is 0 Å². The molecule has 1 amide bonds. The van der Waals surface area contributed by atoms with Crippen LogP contribution in [-0.4, -0.2) is 24.4 Å². The molecule has 1 aliphatic rings. The zero-order chi connectivity index (χ0) is 15.2. The minimum atomic E-state index is -2.89. The second kappa shape index (κ2) is 7.59. The summed E-state index contributed by atoms with van der Waals surface area (Å²) in [5.41, 5.74) is 0.319. The molecule has 1 N–H and O–H groups in total. The molecule has 0 spiro atoms. The monoisotopic (exact) mass is 317 g/mol. The van der Waals surface area contributed by atoms with Gasteiger partial charge >= 0.3 is 6.61 Å². The Morgan fingerprint density at radius 3 is 2.71 bits per heavy atom. The smallest absolute Gasteiger partial charge is 0.387 e. The fourth-order valence-electron chi connectivity index (χ4n) is 2.48. The first-order chi connectivity index (χ1) is 10.0. The molecule has 0 aromatic heterocycles. The van der Waals surface area contributed by atoms with Crippen molar-refractivity contribution < 1.29 is 18.3 Å². The van der Waals surface area contributed by atoms with Crippen LogP contribution in [0.5, 0.6) is 5.75 Å². The number of nitrogens with one attached hydrogen (secondary N) is 1. The van der Waals surface area contributed by atoms with Crippen LogP contribution >= 0.6 is 11.6 Å². The van der Waals surface area contributed by atoms with E-state index in [9.17, 15) is 13.6 Å². The molecular formula is C15H18ClF2NO2. The van der Waals surface area contributed by atoms with Crippen LogP contribution in [0.4, 0.5) is 8.78 Å². The first-order valence-electron chi connectivity index (χ1n) is 7.01. The predicted octanol–water partition coefficient (Wildman–Crippen LogP) is 3.82. The van der Waals surface area contributed by atoms with Crippen LogP contribution in [0, 0.1) is 5.92 Å². The maximum atomic E-state index is 12.1. The van der Waals surface area contributed by atoms with Crippen LogP contribution in [-0.2, 0) is 0 Å². The lowest BCUT2D eigenvalue weighted by atomic mass is 9.89. The summed E-state index contributed by atoms with van der Waals surface area (Å²) in [7, 11) is 0. The molecule has 0 heterocycles. The van der Waals surface area contributed by atoms with Gasteiger partial charge in [0.2, 0.25) is 0 Å². The maximum Gasteiger partial charge on any atom is 0.387 e. The number of carbonyl (C=O) groups excluding carboxylic acids is 1. The number of carbonyl (C=O) groups is 1. The average molecular weight is 318 g/mol. The summed E-state index contributed by atoms with van der Waals surface area (Å²) in [4.78, 5) is 12.0. The lowest BCUT2D eigenvalue weighted by molar-refractivity contribution is -0.0498. The van der Waals surface area contributed by atoms with Crippen molar-refractivity contribution in [2.75, 3.05) is 6.54 Å². The van der Waals surface area contributed by atoms with Crippen LogP contribution in [0.1, 0.15) is 36.0 Å².